The van der Waals surface area contributed by atoms with Gasteiger partial charge < -0.3 is 19.9 Å². The number of fused-ring (bicyclic) bond motifs is 2. The first-order valence-corrected chi connectivity index (χ1v) is 10.0. The minimum Gasteiger partial charge on any atom is -0.465 e. The topological polar surface area (TPSA) is 116 Å². The summed E-state index contributed by atoms with van der Waals surface area (Å²) in [7, 11) is 1.62. The Bertz CT molecular complexity index is 1220. The molecule has 0 bridgehead atoms. The van der Waals surface area contributed by atoms with Crippen molar-refractivity contribution in [3.63, 3.8) is 0 Å². The molecule has 2 aromatic heterocycles. The molecule has 3 N–H and O–H groups in total. The van der Waals surface area contributed by atoms with E-state index in [4.69, 9.17) is 25.4 Å². The van der Waals surface area contributed by atoms with Crippen LogP contribution in [0.2, 0.25) is 0 Å². The van der Waals surface area contributed by atoms with E-state index in [0.29, 0.717) is 11.6 Å². The fourth-order valence-corrected chi connectivity index (χ4v) is 3.33. The third-order valence-corrected chi connectivity index (χ3v) is 5.19. The highest BCUT2D eigenvalue weighted by molar-refractivity contribution is 5.69. The van der Waals surface area contributed by atoms with E-state index >= 15 is 0 Å². The fraction of sp³-hybridized carbons (Fsp3) is 0.250. The first-order chi connectivity index (χ1) is 15.4. The maximum Gasteiger partial charge on any atom is 0.279 e. The third kappa shape index (κ3) is 4.53. The van der Waals surface area contributed by atoms with Gasteiger partial charge in [0.15, 0.2) is 0 Å². The second-order valence-electron chi connectivity index (χ2n) is 7.80. The van der Waals surface area contributed by atoms with Crippen LogP contribution in [-0.4, -0.2) is 40.5 Å². The number of aromatic nitrogens is 3. The van der Waals surface area contributed by atoms with Crippen LogP contribution < -0.4 is 10.5 Å². The highest BCUT2D eigenvalue weighted by atomic mass is 16.5. The molecule has 0 fully saturated rings. The summed E-state index contributed by atoms with van der Waals surface area (Å²) in [5, 5.41) is 15.3. The van der Waals surface area contributed by atoms with Gasteiger partial charge in [0.1, 0.15) is 18.0 Å². The van der Waals surface area contributed by atoms with Crippen molar-refractivity contribution in [2.45, 2.75) is 25.4 Å². The number of nitrogens with two attached hydrogens (primary N) is 1. The third-order valence-electron chi connectivity index (χ3n) is 5.19. The summed E-state index contributed by atoms with van der Waals surface area (Å²) in [4.78, 5) is 4.48. The quantitative estimate of drug-likeness (QED) is 0.371. The summed E-state index contributed by atoms with van der Waals surface area (Å²) in [6, 6.07) is 9.34. The zero-order chi connectivity index (χ0) is 22.7. The Morgan fingerprint density at radius 2 is 2.00 bits per heavy atom. The number of rotatable bonds is 4. The monoisotopic (exact) mass is 429 g/mol. The number of ether oxygens (including phenoxy) is 3. The lowest BCUT2D eigenvalue weighted by molar-refractivity contribution is 0.0741. The zero-order valence-electron chi connectivity index (χ0n) is 18.0. The molecule has 0 spiro atoms. The zero-order valence-corrected chi connectivity index (χ0v) is 18.0. The maximum absolute atomic E-state index is 7.51. The lowest BCUT2D eigenvalue weighted by Gasteiger charge is -2.28. The summed E-state index contributed by atoms with van der Waals surface area (Å²) < 4.78 is 16.9. The smallest absolute Gasteiger partial charge is 0.279 e. The van der Waals surface area contributed by atoms with E-state index in [-0.39, 0.29) is 18.5 Å². The summed E-state index contributed by atoms with van der Waals surface area (Å²) >= 11 is 0. The van der Waals surface area contributed by atoms with Crippen LogP contribution in [0, 0.1) is 17.3 Å². The predicted molar refractivity (Wildman–Crippen MR) is 119 cm³/mol. The van der Waals surface area contributed by atoms with Gasteiger partial charge in [0.2, 0.25) is 5.88 Å². The van der Waals surface area contributed by atoms with E-state index in [1.54, 1.807) is 25.7 Å². The number of amidine groups is 1. The van der Waals surface area contributed by atoms with E-state index in [1.165, 1.54) is 0 Å². The summed E-state index contributed by atoms with van der Waals surface area (Å²) in [5.41, 5.74) is 9.22. The molecule has 1 atom stereocenters. The van der Waals surface area contributed by atoms with Gasteiger partial charge in [-0.25, -0.2) is 4.98 Å². The number of methoxy groups -OCH3 is 1. The minimum atomic E-state index is -0.580. The molecule has 0 radical (unpaired) electrons. The van der Waals surface area contributed by atoms with Gasteiger partial charge in [0, 0.05) is 35.6 Å². The minimum absolute atomic E-state index is 0.166. The lowest BCUT2D eigenvalue weighted by atomic mass is 9.87. The Morgan fingerprint density at radius 1 is 1.16 bits per heavy atom. The molecule has 0 saturated heterocycles. The Balaban J connectivity index is 1.77. The first-order valence-electron chi connectivity index (χ1n) is 10.0. The van der Waals surface area contributed by atoms with Gasteiger partial charge in [-0.15, -0.1) is 0 Å². The molecule has 3 aromatic rings. The summed E-state index contributed by atoms with van der Waals surface area (Å²) in [6.07, 6.45) is 5.02. The molecule has 1 aliphatic heterocycles. The van der Waals surface area contributed by atoms with Crippen LogP contribution in [-0.2, 0) is 9.47 Å². The Hall–Kier alpha value is -3.96. The average molecular weight is 429 g/mol. The first kappa shape index (κ1) is 21.3. The SMILES string of the molecule is COC(C)(C)C#Cc1cnc2c(c1)C(COC(=N)N)c1cc(-c3ccnnc3)ccc1O2. The molecule has 162 valence electrons. The number of hydrogen-bond donors (Lipinski definition) is 2. The van der Waals surface area contributed by atoms with E-state index in [1.807, 2.05) is 44.2 Å². The standard InChI is InChI=1S/C24H23N5O3/c1-24(2,30-3)8-6-15-10-19-20(14-31-23(25)26)18-11-16(17-7-9-28-29-13-17)4-5-21(18)32-22(19)27-12-15/h4-5,7,9-13,20H,14H2,1-3H3,(H3,25,26). The van der Waals surface area contributed by atoms with Crippen LogP contribution in [0.5, 0.6) is 11.6 Å². The van der Waals surface area contributed by atoms with Gasteiger partial charge in [-0.2, -0.15) is 10.2 Å². The van der Waals surface area contributed by atoms with Crippen molar-refractivity contribution in [3.05, 3.63) is 65.6 Å². The molecule has 1 aliphatic rings. The van der Waals surface area contributed by atoms with Crippen LogP contribution in [0.1, 0.15) is 36.5 Å². The highest BCUT2D eigenvalue weighted by Crippen LogP contribution is 2.44. The van der Waals surface area contributed by atoms with E-state index in [9.17, 15) is 0 Å². The van der Waals surface area contributed by atoms with Crippen LogP contribution >= 0.6 is 0 Å². The Labute approximate surface area is 186 Å². The van der Waals surface area contributed by atoms with Crippen molar-refractivity contribution in [2.24, 2.45) is 5.73 Å². The van der Waals surface area contributed by atoms with E-state index < -0.39 is 5.60 Å². The van der Waals surface area contributed by atoms with Crippen molar-refractivity contribution in [1.82, 2.24) is 15.2 Å². The van der Waals surface area contributed by atoms with Gasteiger partial charge in [-0.1, -0.05) is 17.9 Å². The number of benzene rings is 1. The molecular weight excluding hydrogens is 406 g/mol. The second kappa shape index (κ2) is 8.65. The Morgan fingerprint density at radius 3 is 2.72 bits per heavy atom. The normalized spacial score (nSPS) is 14.3. The molecule has 32 heavy (non-hydrogen) atoms. The average Bonchev–Trinajstić information content (AvgIpc) is 2.80. The molecule has 8 nitrogen and oxygen atoms in total. The molecular formula is C24H23N5O3. The molecule has 1 aromatic carbocycles. The largest absolute Gasteiger partial charge is 0.465 e. The summed E-state index contributed by atoms with van der Waals surface area (Å²) in [6.45, 7) is 3.95. The van der Waals surface area contributed by atoms with Crippen molar-refractivity contribution in [2.75, 3.05) is 13.7 Å². The number of hydrogen-bond acceptors (Lipinski definition) is 7. The fourth-order valence-electron chi connectivity index (χ4n) is 3.33. The number of pyridine rings is 1. The van der Waals surface area contributed by atoms with Crippen molar-refractivity contribution >= 4 is 6.02 Å². The predicted octanol–water partition coefficient (Wildman–Crippen LogP) is 3.46. The molecule has 0 saturated carbocycles. The second-order valence-corrected chi connectivity index (χ2v) is 7.80. The number of nitrogens with zero attached hydrogens (tertiary/aromatic N) is 3. The molecule has 4 rings (SSSR count). The van der Waals surface area contributed by atoms with E-state index in [2.05, 4.69) is 27.0 Å². The van der Waals surface area contributed by atoms with Crippen LogP contribution in [0.25, 0.3) is 11.1 Å². The molecule has 8 heteroatoms. The Kier molecular flexibility index (Phi) is 5.75. The number of nitrogens with one attached hydrogen (secondary N) is 1. The van der Waals surface area contributed by atoms with Gasteiger partial charge in [-0.05, 0) is 43.7 Å². The van der Waals surface area contributed by atoms with E-state index in [0.717, 1.165) is 27.8 Å². The molecule has 3 heterocycles. The van der Waals surface area contributed by atoms with Gasteiger partial charge in [-0.3, -0.25) is 5.41 Å². The van der Waals surface area contributed by atoms with Crippen molar-refractivity contribution in [1.29, 1.82) is 5.41 Å². The van der Waals surface area contributed by atoms with Crippen molar-refractivity contribution in [3.8, 4) is 34.6 Å². The van der Waals surface area contributed by atoms with Crippen LogP contribution in [0.15, 0.2) is 48.9 Å². The van der Waals surface area contributed by atoms with Gasteiger partial charge >= 0.3 is 0 Å². The highest BCUT2D eigenvalue weighted by Gasteiger charge is 2.30. The maximum atomic E-state index is 7.51. The van der Waals surface area contributed by atoms with Crippen LogP contribution in [0.4, 0.5) is 0 Å². The lowest BCUT2D eigenvalue weighted by Crippen LogP contribution is -2.22. The van der Waals surface area contributed by atoms with Gasteiger partial charge in [0.05, 0.1) is 18.3 Å². The van der Waals surface area contributed by atoms with Gasteiger partial charge in [0.25, 0.3) is 6.02 Å². The molecule has 0 aliphatic carbocycles. The molecule has 0 amide bonds. The van der Waals surface area contributed by atoms with Crippen LogP contribution in [0.3, 0.4) is 0 Å². The van der Waals surface area contributed by atoms with Crippen molar-refractivity contribution < 1.29 is 14.2 Å². The molecule has 1 unspecified atom stereocenters. The summed E-state index contributed by atoms with van der Waals surface area (Å²) in [5.74, 6) is 7.11.